The van der Waals surface area contributed by atoms with Gasteiger partial charge in [0.1, 0.15) is 54.4 Å². The number of aliphatic hydroxyl groups is 1. The molecule has 0 bridgehead atoms. The molecule has 12 atom stereocenters. The van der Waals surface area contributed by atoms with E-state index in [0.717, 1.165) is 14.7 Å². The maximum atomic E-state index is 15.0. The molecule has 0 aromatic carbocycles. The molecular weight excluding hydrogens is 1040 g/mol. The number of aliphatic hydroxyl groups excluding tert-OH is 1. The molecule has 0 heterocycles. The van der Waals surface area contributed by atoms with Gasteiger partial charge in [0.05, 0.1) is 12.6 Å². The van der Waals surface area contributed by atoms with Crippen molar-refractivity contribution in [3.05, 3.63) is 12.2 Å². The monoisotopic (exact) mass is 1150 g/mol. The number of nitrogens with two attached hydrogens (primary N) is 1. The highest BCUT2D eigenvalue weighted by atomic mass is 16.3. The molecule has 0 aromatic rings. The van der Waals surface area contributed by atoms with Crippen molar-refractivity contribution in [3.8, 4) is 0 Å². The van der Waals surface area contributed by atoms with Gasteiger partial charge in [-0.25, -0.2) is 0 Å². The van der Waals surface area contributed by atoms with Gasteiger partial charge in [-0.05, 0) is 96.3 Å². The number of primary amides is 1. The number of hydrogen-bond acceptors (Lipinski definition) is 12. The molecule has 6 N–H and O–H groups in total. The summed E-state index contributed by atoms with van der Waals surface area (Å²) in [7, 11) is 9.92. The van der Waals surface area contributed by atoms with Crippen LogP contribution in [0, 0.1) is 35.5 Å². The zero-order valence-electron chi connectivity index (χ0n) is 53.3. The standard InChI is InChI=1S/C58H105N11O12/c1-24-26-27-36(11)48(71)47(52(75)62-42(25-2)55(78)63(17)31-45(70)64(18)40(15)49(59)72)69(23)58(81)46(35(9)10)68(22)57(80)44(30-34(7)8)67(21)56(79)43(29-33(5)6)66(20)54(77)39(14)61-50(73)38(13)60-51(74)41(16)65(19)53(76)37(12)28-32(3)4/h24,26,32-44,46-48,71H,25,27-31H2,1-23H3,(H2,59,72)(H,60,74)(H,61,73)(H,62,75)/b26-24+/t36-,37-,38-,39+,40+,41+,42-,43+,44-,46-,47?,48+/m1/s1. The van der Waals surface area contributed by atoms with Crippen molar-refractivity contribution in [1.82, 2.24) is 50.2 Å². The van der Waals surface area contributed by atoms with Crippen molar-refractivity contribution in [1.29, 1.82) is 0 Å². The van der Waals surface area contributed by atoms with Gasteiger partial charge in [-0.3, -0.25) is 52.7 Å². The second kappa shape index (κ2) is 34.3. The largest absolute Gasteiger partial charge is 0.390 e. The molecule has 0 aliphatic carbocycles. The fourth-order valence-corrected chi connectivity index (χ4v) is 9.55. The summed E-state index contributed by atoms with van der Waals surface area (Å²) in [6.07, 6.45) is 3.41. The second-order valence-corrected chi connectivity index (χ2v) is 23.9. The molecule has 0 radical (unpaired) electrons. The molecule has 0 saturated heterocycles. The van der Waals surface area contributed by atoms with Gasteiger partial charge in [0.2, 0.25) is 65.0 Å². The van der Waals surface area contributed by atoms with E-state index >= 15 is 4.79 Å². The summed E-state index contributed by atoms with van der Waals surface area (Å²) in [5, 5.41) is 19.9. The number of amides is 11. The number of carbonyl (C=O) groups is 11. The van der Waals surface area contributed by atoms with Crippen LogP contribution in [0.15, 0.2) is 12.2 Å². The summed E-state index contributed by atoms with van der Waals surface area (Å²) in [5.74, 6) is -8.36. The van der Waals surface area contributed by atoms with Crippen LogP contribution in [0.5, 0.6) is 0 Å². The summed E-state index contributed by atoms with van der Waals surface area (Å²) in [4.78, 5) is 160. The summed E-state index contributed by atoms with van der Waals surface area (Å²) in [6, 6.07) is -10.5. The zero-order valence-corrected chi connectivity index (χ0v) is 53.3. The second-order valence-electron chi connectivity index (χ2n) is 23.9. The third kappa shape index (κ3) is 21.9. The van der Waals surface area contributed by atoms with Crippen LogP contribution in [0.3, 0.4) is 0 Å². The summed E-state index contributed by atoms with van der Waals surface area (Å²) in [6.45, 7) is 27.3. The van der Waals surface area contributed by atoms with Gasteiger partial charge in [-0.2, -0.15) is 0 Å². The molecule has 0 rings (SSSR count). The Kier molecular flexibility index (Phi) is 31.7. The Hall–Kier alpha value is -6.13. The number of nitrogens with one attached hydrogen (secondary N) is 3. The van der Waals surface area contributed by atoms with E-state index in [9.17, 15) is 53.1 Å². The van der Waals surface area contributed by atoms with Crippen LogP contribution >= 0.6 is 0 Å². The van der Waals surface area contributed by atoms with Gasteiger partial charge in [0.15, 0.2) is 0 Å². The van der Waals surface area contributed by atoms with E-state index in [0.29, 0.717) is 12.8 Å². The molecule has 0 aromatic heterocycles. The van der Waals surface area contributed by atoms with Crippen molar-refractivity contribution in [3.63, 3.8) is 0 Å². The first-order valence-corrected chi connectivity index (χ1v) is 28.6. The van der Waals surface area contributed by atoms with Gasteiger partial charge in [-0.15, -0.1) is 0 Å². The van der Waals surface area contributed by atoms with E-state index in [1.807, 2.05) is 41.5 Å². The number of rotatable bonds is 33. The minimum Gasteiger partial charge on any atom is -0.390 e. The number of allylic oxidation sites excluding steroid dienone is 2. The normalized spacial score (nSPS) is 16.1. The van der Waals surface area contributed by atoms with E-state index in [1.165, 1.54) is 89.7 Å². The molecule has 0 aliphatic heterocycles. The summed E-state index contributed by atoms with van der Waals surface area (Å²) >= 11 is 0. The highest BCUT2D eigenvalue weighted by molar-refractivity contribution is 5.98. The van der Waals surface area contributed by atoms with Crippen LogP contribution < -0.4 is 21.7 Å². The lowest BCUT2D eigenvalue weighted by Gasteiger charge is -2.41. The Labute approximate surface area is 484 Å². The maximum Gasteiger partial charge on any atom is 0.246 e. The fraction of sp³-hybridized carbons (Fsp3) is 0.776. The zero-order chi connectivity index (χ0) is 63.4. The Morgan fingerprint density at radius 3 is 1.40 bits per heavy atom. The Morgan fingerprint density at radius 1 is 0.494 bits per heavy atom. The number of likely N-dealkylation sites (N-methyl/N-ethyl adjacent to an activating group) is 7. The molecule has 0 saturated carbocycles. The van der Waals surface area contributed by atoms with Crippen molar-refractivity contribution >= 4 is 65.0 Å². The molecule has 23 nitrogen and oxygen atoms in total. The number of hydrogen-bond donors (Lipinski definition) is 5. The van der Waals surface area contributed by atoms with Crippen molar-refractivity contribution < 1.29 is 57.8 Å². The van der Waals surface area contributed by atoms with E-state index in [1.54, 1.807) is 60.6 Å². The predicted octanol–water partition coefficient (Wildman–Crippen LogP) is 2.23. The Balaban J connectivity index is 6.94. The first kappa shape index (κ1) is 74.9. The third-order valence-electron chi connectivity index (χ3n) is 15.1. The average Bonchev–Trinajstić information content (AvgIpc) is 3.39. The van der Waals surface area contributed by atoms with E-state index in [4.69, 9.17) is 5.73 Å². The highest BCUT2D eigenvalue weighted by Gasteiger charge is 2.45. The molecule has 11 amide bonds. The molecule has 1 unspecified atom stereocenters. The first-order chi connectivity index (χ1) is 37.2. The Morgan fingerprint density at radius 2 is 0.951 bits per heavy atom. The first-order valence-electron chi connectivity index (χ1n) is 28.6. The van der Waals surface area contributed by atoms with Gasteiger partial charge in [0.25, 0.3) is 0 Å². The third-order valence-corrected chi connectivity index (χ3v) is 15.1. The molecule has 23 heteroatoms. The molecule has 81 heavy (non-hydrogen) atoms. The van der Waals surface area contributed by atoms with Gasteiger partial charge in [-0.1, -0.05) is 88.3 Å². The average molecular weight is 1150 g/mol. The topological polar surface area (TPSA) is 293 Å². The summed E-state index contributed by atoms with van der Waals surface area (Å²) < 4.78 is 0. The smallest absolute Gasteiger partial charge is 0.246 e. The lowest BCUT2D eigenvalue weighted by Crippen LogP contribution is -2.63. The van der Waals surface area contributed by atoms with E-state index in [2.05, 4.69) is 16.0 Å². The molecule has 464 valence electrons. The number of carbonyl (C=O) groups excluding carboxylic acids is 11. The molecule has 0 aliphatic rings. The van der Waals surface area contributed by atoms with Crippen LogP contribution in [0.2, 0.25) is 0 Å². The quantitative estimate of drug-likeness (QED) is 0.0592. The van der Waals surface area contributed by atoms with Gasteiger partial charge < -0.3 is 61.1 Å². The number of nitrogens with zero attached hydrogens (tertiary/aromatic N) is 7. The maximum absolute atomic E-state index is 15.0. The van der Waals surface area contributed by atoms with Crippen LogP contribution in [0.4, 0.5) is 0 Å². The van der Waals surface area contributed by atoms with Crippen LogP contribution in [-0.4, -0.2) is 221 Å². The van der Waals surface area contributed by atoms with Crippen molar-refractivity contribution in [2.24, 2.45) is 41.2 Å². The lowest BCUT2D eigenvalue weighted by atomic mass is 9.91. The molecule has 0 spiro atoms. The van der Waals surface area contributed by atoms with Crippen molar-refractivity contribution in [2.75, 3.05) is 55.9 Å². The van der Waals surface area contributed by atoms with E-state index in [-0.39, 0.29) is 48.8 Å². The van der Waals surface area contributed by atoms with Crippen LogP contribution in [0.25, 0.3) is 0 Å². The van der Waals surface area contributed by atoms with E-state index < -0.39 is 138 Å². The molecular formula is C58H105N11O12. The predicted molar refractivity (Wildman–Crippen MR) is 312 cm³/mol. The fourth-order valence-electron chi connectivity index (χ4n) is 9.55. The minimum atomic E-state index is -1.59. The van der Waals surface area contributed by atoms with Gasteiger partial charge >= 0.3 is 0 Å². The molecule has 0 fully saturated rings. The SMILES string of the molecule is C/C=C/C[C@@H](C)[C@H](O)C(C(=O)N[C@H](CC)C(=O)N(C)CC(=O)N(C)[C@@H](C)C(N)=O)N(C)C(=O)[C@@H](C(C)C)N(C)C(=O)[C@@H](CC(C)C)N(C)C(=O)[C@H](CC(C)C)N(C)C(=O)[C@H](C)NC(=O)[C@@H](C)NC(=O)[C@H](C)N(C)C(=O)[C@H](C)CC(C)C. The Bertz CT molecular complexity index is 2190. The lowest BCUT2D eigenvalue weighted by molar-refractivity contribution is -0.157. The van der Waals surface area contributed by atoms with Crippen LogP contribution in [-0.2, 0) is 52.7 Å². The van der Waals surface area contributed by atoms with Crippen molar-refractivity contribution in [2.45, 2.75) is 203 Å². The minimum absolute atomic E-state index is 0.0557. The van der Waals surface area contributed by atoms with Gasteiger partial charge in [0, 0.05) is 55.3 Å². The summed E-state index contributed by atoms with van der Waals surface area (Å²) in [5.41, 5.74) is 5.37. The highest BCUT2D eigenvalue weighted by Crippen LogP contribution is 2.25. The van der Waals surface area contributed by atoms with Crippen LogP contribution in [0.1, 0.15) is 143 Å².